The van der Waals surface area contributed by atoms with Gasteiger partial charge in [-0.1, -0.05) is 64.7 Å². The second kappa shape index (κ2) is 13.5. The number of hydrogen-bond acceptors (Lipinski definition) is 4. The summed E-state index contributed by atoms with van der Waals surface area (Å²) < 4.78 is 11.0. The molecule has 0 saturated carbocycles. The van der Waals surface area contributed by atoms with E-state index in [4.69, 9.17) is 14.7 Å². The zero-order valence-electron chi connectivity index (χ0n) is 15.7. The van der Waals surface area contributed by atoms with Crippen molar-refractivity contribution < 1.29 is 19.5 Å². The van der Waals surface area contributed by atoms with Crippen molar-refractivity contribution in [3.05, 3.63) is 23.8 Å². The van der Waals surface area contributed by atoms with Gasteiger partial charge in [0, 0.05) is 5.56 Å². The normalized spacial score (nSPS) is 10.5. The van der Waals surface area contributed by atoms with Crippen LogP contribution in [0.1, 0.15) is 81.5 Å². The van der Waals surface area contributed by atoms with Crippen molar-refractivity contribution in [3.8, 4) is 11.5 Å². The van der Waals surface area contributed by atoms with Gasteiger partial charge in [0.15, 0.2) is 11.5 Å². The SMILES string of the molecule is CCCCCCCCCCCCOc1cc(C(=O)NO)ccc1OC. The Hall–Kier alpha value is -1.75. The maximum Gasteiger partial charge on any atom is 0.274 e. The Morgan fingerprint density at radius 3 is 2.12 bits per heavy atom. The first-order valence-corrected chi connectivity index (χ1v) is 9.48. The molecule has 5 heteroatoms. The van der Waals surface area contributed by atoms with Gasteiger partial charge in [-0.15, -0.1) is 0 Å². The van der Waals surface area contributed by atoms with Crippen molar-refractivity contribution in [1.82, 2.24) is 5.48 Å². The van der Waals surface area contributed by atoms with Crippen LogP contribution in [-0.2, 0) is 0 Å². The number of unbranched alkanes of at least 4 members (excludes halogenated alkanes) is 9. The van der Waals surface area contributed by atoms with E-state index in [0.29, 0.717) is 23.7 Å². The van der Waals surface area contributed by atoms with Gasteiger partial charge in [-0.3, -0.25) is 10.0 Å². The van der Waals surface area contributed by atoms with E-state index in [1.54, 1.807) is 30.8 Å². The second-order valence-electron chi connectivity index (χ2n) is 6.34. The minimum atomic E-state index is -0.563. The molecule has 0 bridgehead atoms. The van der Waals surface area contributed by atoms with E-state index in [0.717, 1.165) is 12.8 Å². The number of benzene rings is 1. The Balaban J connectivity index is 2.19. The minimum Gasteiger partial charge on any atom is -0.493 e. The van der Waals surface area contributed by atoms with Crippen molar-refractivity contribution in [2.45, 2.75) is 71.1 Å². The number of hydrogen-bond donors (Lipinski definition) is 2. The van der Waals surface area contributed by atoms with Crippen molar-refractivity contribution in [2.24, 2.45) is 0 Å². The summed E-state index contributed by atoms with van der Waals surface area (Å²) in [4.78, 5) is 11.5. The molecule has 25 heavy (non-hydrogen) atoms. The number of ether oxygens (including phenoxy) is 2. The number of carbonyl (C=O) groups is 1. The fourth-order valence-corrected chi connectivity index (χ4v) is 2.77. The quantitative estimate of drug-likeness (QED) is 0.277. The highest BCUT2D eigenvalue weighted by atomic mass is 16.5. The van der Waals surface area contributed by atoms with E-state index in [-0.39, 0.29) is 0 Å². The molecule has 0 saturated heterocycles. The number of methoxy groups -OCH3 is 1. The van der Waals surface area contributed by atoms with Crippen LogP contribution in [0, 0.1) is 0 Å². The van der Waals surface area contributed by atoms with Gasteiger partial charge in [-0.25, -0.2) is 5.48 Å². The average molecular weight is 351 g/mol. The molecule has 0 aliphatic rings. The summed E-state index contributed by atoms with van der Waals surface area (Å²) in [5.74, 6) is 0.549. The molecule has 0 spiro atoms. The summed E-state index contributed by atoms with van der Waals surface area (Å²) in [6, 6.07) is 4.83. The maximum absolute atomic E-state index is 11.5. The predicted octanol–water partition coefficient (Wildman–Crippen LogP) is 5.11. The number of rotatable bonds is 14. The third kappa shape index (κ3) is 8.77. The smallest absolute Gasteiger partial charge is 0.274 e. The van der Waals surface area contributed by atoms with Crippen LogP contribution in [0.4, 0.5) is 0 Å². The molecule has 0 radical (unpaired) electrons. The van der Waals surface area contributed by atoms with Crippen LogP contribution < -0.4 is 15.0 Å². The molecule has 0 atom stereocenters. The summed E-state index contributed by atoms with van der Waals surface area (Å²) in [7, 11) is 1.56. The first-order valence-electron chi connectivity index (χ1n) is 9.48. The van der Waals surface area contributed by atoms with Gasteiger partial charge in [-0.05, 0) is 24.6 Å². The van der Waals surface area contributed by atoms with Gasteiger partial charge in [0.25, 0.3) is 5.91 Å². The first-order chi connectivity index (χ1) is 12.2. The lowest BCUT2D eigenvalue weighted by molar-refractivity contribution is 0.0706. The van der Waals surface area contributed by atoms with Crippen LogP contribution in [0.2, 0.25) is 0 Å². The number of carbonyl (C=O) groups excluding carboxylic acids is 1. The predicted molar refractivity (Wildman–Crippen MR) is 99.6 cm³/mol. The summed E-state index contributed by atoms with van der Waals surface area (Å²) >= 11 is 0. The third-order valence-electron chi connectivity index (χ3n) is 4.28. The second-order valence-corrected chi connectivity index (χ2v) is 6.34. The largest absolute Gasteiger partial charge is 0.493 e. The molecule has 0 heterocycles. The van der Waals surface area contributed by atoms with Crippen molar-refractivity contribution in [3.63, 3.8) is 0 Å². The van der Waals surface area contributed by atoms with Crippen LogP contribution in [0.25, 0.3) is 0 Å². The Labute approximate surface area is 151 Å². The van der Waals surface area contributed by atoms with Crippen molar-refractivity contribution in [1.29, 1.82) is 0 Å². The van der Waals surface area contributed by atoms with Crippen LogP contribution >= 0.6 is 0 Å². The zero-order valence-corrected chi connectivity index (χ0v) is 15.7. The van der Waals surface area contributed by atoms with Gasteiger partial charge < -0.3 is 9.47 Å². The molecular formula is C20H33NO4. The highest BCUT2D eigenvalue weighted by molar-refractivity contribution is 5.94. The van der Waals surface area contributed by atoms with Crippen LogP contribution in [-0.4, -0.2) is 24.8 Å². The van der Waals surface area contributed by atoms with E-state index in [9.17, 15) is 4.79 Å². The highest BCUT2D eigenvalue weighted by Crippen LogP contribution is 2.28. The topological polar surface area (TPSA) is 67.8 Å². The van der Waals surface area contributed by atoms with Gasteiger partial charge in [-0.2, -0.15) is 0 Å². The van der Waals surface area contributed by atoms with Crippen molar-refractivity contribution >= 4 is 5.91 Å². The monoisotopic (exact) mass is 351 g/mol. The summed E-state index contributed by atoms with van der Waals surface area (Å²) in [5, 5.41) is 8.71. The van der Waals surface area contributed by atoms with Crippen LogP contribution in [0.3, 0.4) is 0 Å². The Morgan fingerprint density at radius 2 is 1.56 bits per heavy atom. The molecule has 0 aliphatic heterocycles. The van der Waals surface area contributed by atoms with Gasteiger partial charge in [0.05, 0.1) is 13.7 Å². The molecule has 0 unspecified atom stereocenters. The summed E-state index contributed by atoms with van der Waals surface area (Å²) in [6.45, 7) is 2.84. The zero-order chi connectivity index (χ0) is 18.3. The van der Waals surface area contributed by atoms with Crippen LogP contribution in [0.15, 0.2) is 18.2 Å². The third-order valence-corrected chi connectivity index (χ3v) is 4.28. The summed E-state index contributed by atoms with van der Waals surface area (Å²) in [5.41, 5.74) is 1.96. The lowest BCUT2D eigenvalue weighted by Gasteiger charge is -2.12. The number of amides is 1. The molecule has 0 aromatic heterocycles. The molecule has 142 valence electrons. The number of nitrogens with one attached hydrogen (secondary N) is 1. The highest BCUT2D eigenvalue weighted by Gasteiger charge is 2.10. The molecule has 0 fully saturated rings. The average Bonchev–Trinajstić information content (AvgIpc) is 2.65. The Kier molecular flexibility index (Phi) is 11.5. The Bertz CT molecular complexity index is 491. The first kappa shape index (κ1) is 21.3. The van der Waals surface area contributed by atoms with Gasteiger partial charge >= 0.3 is 0 Å². The fourth-order valence-electron chi connectivity index (χ4n) is 2.77. The van der Waals surface area contributed by atoms with Crippen molar-refractivity contribution in [2.75, 3.05) is 13.7 Å². The van der Waals surface area contributed by atoms with E-state index < -0.39 is 5.91 Å². The van der Waals surface area contributed by atoms with E-state index in [2.05, 4.69) is 6.92 Å². The van der Waals surface area contributed by atoms with Gasteiger partial charge in [0.2, 0.25) is 0 Å². The fraction of sp³-hybridized carbons (Fsp3) is 0.650. The van der Waals surface area contributed by atoms with E-state index >= 15 is 0 Å². The molecular weight excluding hydrogens is 318 g/mol. The lowest BCUT2D eigenvalue weighted by atomic mass is 10.1. The summed E-state index contributed by atoms with van der Waals surface area (Å²) in [6.07, 6.45) is 12.8. The van der Waals surface area contributed by atoms with Crippen LogP contribution in [0.5, 0.6) is 11.5 Å². The molecule has 1 rings (SSSR count). The Morgan fingerprint density at radius 1 is 0.960 bits per heavy atom. The van der Waals surface area contributed by atoms with E-state index in [1.807, 2.05) is 0 Å². The minimum absolute atomic E-state index is 0.335. The van der Waals surface area contributed by atoms with E-state index in [1.165, 1.54) is 51.4 Å². The maximum atomic E-state index is 11.5. The molecule has 1 amide bonds. The molecule has 1 aromatic carbocycles. The number of hydroxylamine groups is 1. The molecule has 1 aromatic rings. The standard InChI is InChI=1S/C20H33NO4/c1-3-4-5-6-7-8-9-10-11-12-15-25-19-16-17(20(22)21-23)13-14-18(19)24-2/h13-14,16,23H,3-12,15H2,1-2H3,(H,21,22). The lowest BCUT2D eigenvalue weighted by Crippen LogP contribution is -2.18. The molecule has 2 N–H and O–H groups in total. The molecule has 5 nitrogen and oxygen atoms in total. The van der Waals surface area contributed by atoms with Gasteiger partial charge in [0.1, 0.15) is 0 Å². The molecule has 0 aliphatic carbocycles.